The Labute approximate surface area is 193 Å². The number of nitrogens with one attached hydrogen (secondary N) is 1. The van der Waals surface area contributed by atoms with Crippen molar-refractivity contribution < 1.29 is 23.0 Å². The summed E-state index contributed by atoms with van der Waals surface area (Å²) in [5.74, 6) is 0.0882. The molecule has 184 valence electrons. The average Bonchev–Trinajstić information content (AvgIpc) is 2.78. The fourth-order valence-corrected chi connectivity index (χ4v) is 3.84. The first-order chi connectivity index (χ1) is 15.8. The van der Waals surface area contributed by atoms with Crippen molar-refractivity contribution in [2.24, 2.45) is 5.73 Å². The van der Waals surface area contributed by atoms with Gasteiger partial charge in [-0.3, -0.25) is 0 Å². The second-order valence-corrected chi connectivity index (χ2v) is 8.13. The smallest absolute Gasteiger partial charge is 0.416 e. The Morgan fingerprint density at radius 3 is 2.45 bits per heavy atom. The van der Waals surface area contributed by atoms with E-state index < -0.39 is 17.5 Å². The summed E-state index contributed by atoms with van der Waals surface area (Å²) in [6, 6.07) is 3.10. The number of halogens is 3. The summed E-state index contributed by atoms with van der Waals surface area (Å²) in [5, 5.41) is 22.5. The lowest BCUT2D eigenvalue weighted by Crippen LogP contribution is -2.22. The molecule has 0 saturated carbocycles. The number of phenols is 1. The zero-order valence-electron chi connectivity index (χ0n) is 19.6. The number of methoxy groups -OCH3 is 1. The first-order valence-corrected chi connectivity index (χ1v) is 11.5. The molecule has 6 nitrogen and oxygen atoms in total. The third-order valence-corrected chi connectivity index (χ3v) is 5.74. The largest absolute Gasteiger partial charge is 0.507 e. The predicted octanol–water partition coefficient (Wildman–Crippen LogP) is 5.68. The minimum absolute atomic E-state index is 0.181. The highest BCUT2D eigenvalue weighted by molar-refractivity contribution is 5.72. The Balaban J connectivity index is 2.49. The number of nitrogens with two attached hydrogens (primary N) is 1. The van der Waals surface area contributed by atoms with E-state index in [1.165, 1.54) is 6.07 Å². The van der Waals surface area contributed by atoms with Gasteiger partial charge >= 0.3 is 6.18 Å². The molecule has 0 aliphatic carbocycles. The van der Waals surface area contributed by atoms with Gasteiger partial charge in [0.2, 0.25) is 0 Å². The molecule has 0 saturated heterocycles. The number of aromatic hydroxyl groups is 1. The topological polar surface area (TPSA) is 93.3 Å². The van der Waals surface area contributed by atoms with Crippen LogP contribution in [0.3, 0.4) is 0 Å². The zero-order valence-corrected chi connectivity index (χ0v) is 19.6. The Morgan fingerprint density at radius 1 is 1.12 bits per heavy atom. The van der Waals surface area contributed by atoms with Crippen molar-refractivity contribution in [3.05, 3.63) is 34.9 Å². The SMILES string of the molecule is CCCCCC(CC)Nc1nnc(-c2ccc(C(F)(F)F)cc2O)c(CCCOC)c1CN. The van der Waals surface area contributed by atoms with Crippen molar-refractivity contribution in [1.29, 1.82) is 0 Å². The van der Waals surface area contributed by atoms with Gasteiger partial charge in [0, 0.05) is 37.4 Å². The molecule has 0 aliphatic heterocycles. The van der Waals surface area contributed by atoms with Crippen molar-refractivity contribution >= 4 is 5.82 Å². The van der Waals surface area contributed by atoms with E-state index in [9.17, 15) is 18.3 Å². The number of anilines is 1. The van der Waals surface area contributed by atoms with E-state index in [4.69, 9.17) is 10.5 Å². The molecule has 0 bridgehead atoms. The van der Waals surface area contributed by atoms with Gasteiger partial charge in [0.25, 0.3) is 0 Å². The fraction of sp³-hybridized carbons (Fsp3) is 0.583. The summed E-state index contributed by atoms with van der Waals surface area (Å²) in [5.41, 5.74) is 7.23. The van der Waals surface area contributed by atoms with Crippen LogP contribution in [-0.2, 0) is 23.9 Å². The van der Waals surface area contributed by atoms with Gasteiger partial charge in [0.15, 0.2) is 5.82 Å². The standard InChI is InChI=1S/C24H35F3N4O2/c1-4-6-7-9-17(5-2)29-23-20(15-28)18(10-8-13-33-3)22(30-31-23)19-12-11-16(14-21(19)32)24(25,26)27/h11-12,14,17,32H,4-10,13,15,28H2,1-3H3,(H,29,31). The third kappa shape index (κ3) is 7.30. The molecular weight excluding hydrogens is 433 g/mol. The van der Waals surface area contributed by atoms with Crippen LogP contribution in [0.4, 0.5) is 19.0 Å². The zero-order chi connectivity index (χ0) is 24.4. The van der Waals surface area contributed by atoms with Crippen LogP contribution in [0.25, 0.3) is 11.3 Å². The van der Waals surface area contributed by atoms with E-state index in [0.717, 1.165) is 49.3 Å². The predicted molar refractivity (Wildman–Crippen MR) is 124 cm³/mol. The quantitative estimate of drug-likeness (QED) is 0.328. The van der Waals surface area contributed by atoms with Crippen LogP contribution in [-0.4, -0.2) is 35.1 Å². The van der Waals surface area contributed by atoms with Gasteiger partial charge < -0.3 is 20.9 Å². The van der Waals surface area contributed by atoms with Crippen LogP contribution < -0.4 is 11.1 Å². The van der Waals surface area contributed by atoms with E-state index in [2.05, 4.69) is 29.4 Å². The molecule has 1 aromatic carbocycles. The molecule has 1 unspecified atom stereocenters. The number of alkyl halides is 3. The van der Waals surface area contributed by atoms with E-state index in [1.54, 1.807) is 7.11 Å². The number of rotatable bonds is 13. The second kappa shape index (κ2) is 12.7. The van der Waals surface area contributed by atoms with Gasteiger partial charge in [-0.25, -0.2) is 0 Å². The highest BCUT2D eigenvalue weighted by Crippen LogP contribution is 2.38. The number of hydrogen-bond acceptors (Lipinski definition) is 6. The number of unbranched alkanes of at least 4 members (excludes halogenated alkanes) is 2. The molecule has 1 atom stereocenters. The summed E-state index contributed by atoms with van der Waals surface area (Å²) in [4.78, 5) is 0. The van der Waals surface area contributed by atoms with Gasteiger partial charge in [-0.05, 0) is 49.4 Å². The minimum atomic E-state index is -4.55. The van der Waals surface area contributed by atoms with E-state index in [-0.39, 0.29) is 18.2 Å². The summed E-state index contributed by atoms with van der Waals surface area (Å²) in [7, 11) is 1.60. The number of aromatic nitrogens is 2. The summed E-state index contributed by atoms with van der Waals surface area (Å²) in [6.07, 6.45) is 1.95. The molecule has 4 N–H and O–H groups in total. The highest BCUT2D eigenvalue weighted by atomic mass is 19.4. The monoisotopic (exact) mass is 468 g/mol. The molecular formula is C24H35F3N4O2. The number of hydrogen-bond donors (Lipinski definition) is 3. The number of nitrogens with zero attached hydrogens (tertiary/aromatic N) is 2. The molecule has 2 aromatic rings. The number of phenolic OH excluding ortho intramolecular Hbond substituents is 1. The highest BCUT2D eigenvalue weighted by Gasteiger charge is 2.31. The van der Waals surface area contributed by atoms with Crippen LogP contribution in [0, 0.1) is 0 Å². The van der Waals surface area contributed by atoms with Crippen molar-refractivity contribution in [2.45, 2.75) is 77.6 Å². The Hall–Kier alpha value is -2.39. The molecule has 1 aromatic heterocycles. The third-order valence-electron chi connectivity index (χ3n) is 5.74. The second-order valence-electron chi connectivity index (χ2n) is 8.13. The maximum Gasteiger partial charge on any atom is 0.416 e. The summed E-state index contributed by atoms with van der Waals surface area (Å²) >= 11 is 0. The molecule has 0 aliphatic rings. The molecule has 0 fully saturated rings. The van der Waals surface area contributed by atoms with Crippen molar-refractivity contribution in [3.8, 4) is 17.0 Å². The molecule has 9 heteroatoms. The van der Waals surface area contributed by atoms with Crippen LogP contribution >= 0.6 is 0 Å². The molecule has 0 radical (unpaired) electrons. The van der Waals surface area contributed by atoms with Gasteiger partial charge in [0.05, 0.1) is 5.56 Å². The van der Waals surface area contributed by atoms with E-state index in [1.807, 2.05) is 0 Å². The summed E-state index contributed by atoms with van der Waals surface area (Å²) in [6.45, 7) is 4.95. The first-order valence-electron chi connectivity index (χ1n) is 11.5. The Bertz CT molecular complexity index is 891. The van der Waals surface area contributed by atoms with E-state index >= 15 is 0 Å². The normalized spacial score (nSPS) is 12.7. The van der Waals surface area contributed by atoms with Crippen molar-refractivity contribution in [1.82, 2.24) is 10.2 Å². The van der Waals surface area contributed by atoms with Crippen molar-refractivity contribution in [2.75, 3.05) is 19.0 Å². The average molecular weight is 469 g/mol. The maximum atomic E-state index is 13.0. The van der Waals surface area contributed by atoms with Crippen LogP contribution in [0.15, 0.2) is 18.2 Å². The van der Waals surface area contributed by atoms with Gasteiger partial charge in [-0.2, -0.15) is 13.2 Å². The van der Waals surface area contributed by atoms with Crippen LogP contribution in [0.2, 0.25) is 0 Å². The number of ether oxygens (including phenoxy) is 1. The Morgan fingerprint density at radius 2 is 1.88 bits per heavy atom. The lowest BCUT2D eigenvalue weighted by atomic mass is 9.96. The summed E-state index contributed by atoms with van der Waals surface area (Å²) < 4.78 is 44.3. The van der Waals surface area contributed by atoms with Crippen molar-refractivity contribution in [3.63, 3.8) is 0 Å². The van der Waals surface area contributed by atoms with Gasteiger partial charge in [-0.15, -0.1) is 10.2 Å². The maximum absolute atomic E-state index is 13.0. The van der Waals surface area contributed by atoms with E-state index in [0.29, 0.717) is 37.0 Å². The lowest BCUT2D eigenvalue weighted by molar-refractivity contribution is -0.137. The molecule has 33 heavy (non-hydrogen) atoms. The van der Waals surface area contributed by atoms with Gasteiger partial charge in [-0.1, -0.05) is 33.1 Å². The number of benzene rings is 1. The first kappa shape index (κ1) is 26.9. The van der Waals surface area contributed by atoms with Gasteiger partial charge in [0.1, 0.15) is 11.4 Å². The lowest BCUT2D eigenvalue weighted by Gasteiger charge is -2.22. The molecule has 2 rings (SSSR count). The molecule has 0 amide bonds. The Kier molecular flexibility index (Phi) is 10.4. The molecule has 1 heterocycles. The van der Waals surface area contributed by atoms with Crippen LogP contribution in [0.5, 0.6) is 5.75 Å². The van der Waals surface area contributed by atoms with Crippen LogP contribution in [0.1, 0.15) is 69.1 Å². The molecule has 0 spiro atoms. The minimum Gasteiger partial charge on any atom is -0.507 e. The fourth-order valence-electron chi connectivity index (χ4n) is 3.84.